The predicted molar refractivity (Wildman–Crippen MR) is 214 cm³/mol. The molecule has 7 rings (SSSR count). The fraction of sp³-hybridized carbons (Fsp3) is 0.0612. The Morgan fingerprint density at radius 2 is 0.800 bits per heavy atom. The second-order valence-electron chi connectivity index (χ2n) is 12.5. The molecule has 1 heteroatoms. The Balaban J connectivity index is 1.20. The van der Waals surface area contributed by atoms with Crippen molar-refractivity contribution in [3.05, 3.63) is 218 Å². The topological polar surface area (TPSA) is 3.24 Å². The summed E-state index contributed by atoms with van der Waals surface area (Å²) in [5, 5.41) is 0. The molecule has 1 nitrogen and oxygen atoms in total. The van der Waals surface area contributed by atoms with Crippen molar-refractivity contribution in [2.75, 3.05) is 4.90 Å². The average molecular weight is 644 g/mol. The lowest BCUT2D eigenvalue weighted by Crippen LogP contribution is -2.15. The number of nitrogens with zero attached hydrogens (tertiary/aromatic N) is 1. The molecule has 0 unspecified atom stereocenters. The van der Waals surface area contributed by atoms with Crippen molar-refractivity contribution < 1.29 is 0 Å². The Kier molecular flexibility index (Phi) is 10.2. The minimum absolute atomic E-state index is 0.812. The van der Waals surface area contributed by atoms with Crippen LogP contribution in [0.4, 0.5) is 11.4 Å². The molecule has 7 aromatic carbocycles. The summed E-state index contributed by atoms with van der Waals surface area (Å²) in [6, 6.07) is 67.3. The van der Waals surface area contributed by atoms with Crippen molar-refractivity contribution in [1.82, 2.24) is 0 Å². The molecule has 0 heterocycles. The van der Waals surface area contributed by atoms with Gasteiger partial charge in [0.15, 0.2) is 0 Å². The van der Waals surface area contributed by atoms with E-state index in [1.807, 2.05) is 0 Å². The first-order valence-corrected chi connectivity index (χ1v) is 17.5. The van der Waals surface area contributed by atoms with Crippen LogP contribution in [0.5, 0.6) is 0 Å². The SMILES string of the molecule is CC/C=C(\C=C/Cc1cc(-c2ccccc2)cc(-c2ccc(-c3ccccc3)cc2)c1)N(c1ccccc1)c1ccc(-c2ccccc2)cc1. The van der Waals surface area contributed by atoms with E-state index in [2.05, 4.69) is 218 Å². The maximum Gasteiger partial charge on any atom is 0.0461 e. The molecule has 0 radical (unpaired) electrons. The van der Waals surface area contributed by atoms with Crippen LogP contribution in [0.1, 0.15) is 18.9 Å². The van der Waals surface area contributed by atoms with Gasteiger partial charge in [-0.25, -0.2) is 0 Å². The quantitative estimate of drug-likeness (QED) is 0.127. The molecule has 50 heavy (non-hydrogen) atoms. The molecule has 0 aliphatic carbocycles. The van der Waals surface area contributed by atoms with E-state index in [1.54, 1.807) is 0 Å². The Morgan fingerprint density at radius 3 is 1.28 bits per heavy atom. The molecule has 0 aromatic heterocycles. The minimum atomic E-state index is 0.812. The van der Waals surface area contributed by atoms with Crippen LogP contribution in [0.2, 0.25) is 0 Å². The Morgan fingerprint density at radius 1 is 0.420 bits per heavy atom. The van der Waals surface area contributed by atoms with Crippen LogP contribution < -0.4 is 4.90 Å². The number of anilines is 2. The van der Waals surface area contributed by atoms with Crippen LogP contribution in [0.15, 0.2) is 212 Å². The summed E-state index contributed by atoms with van der Waals surface area (Å²) in [4.78, 5) is 2.36. The van der Waals surface area contributed by atoms with Gasteiger partial charge >= 0.3 is 0 Å². The summed E-state index contributed by atoms with van der Waals surface area (Å²) in [5.74, 6) is 0. The first kappa shape index (κ1) is 32.4. The number of hydrogen-bond donors (Lipinski definition) is 0. The van der Waals surface area contributed by atoms with Crippen molar-refractivity contribution in [2.45, 2.75) is 19.8 Å². The number of benzene rings is 7. The van der Waals surface area contributed by atoms with E-state index in [1.165, 1.54) is 50.1 Å². The Bertz CT molecular complexity index is 2160. The van der Waals surface area contributed by atoms with Crippen LogP contribution in [-0.2, 0) is 6.42 Å². The summed E-state index contributed by atoms with van der Waals surface area (Å²) in [7, 11) is 0. The number of rotatable bonds is 11. The van der Waals surface area contributed by atoms with Gasteiger partial charge < -0.3 is 4.90 Å². The molecule has 242 valence electrons. The molecule has 0 aliphatic rings. The van der Waals surface area contributed by atoms with Gasteiger partial charge in [-0.1, -0.05) is 177 Å². The fourth-order valence-corrected chi connectivity index (χ4v) is 6.48. The molecule has 0 bridgehead atoms. The van der Waals surface area contributed by atoms with Gasteiger partial charge in [0, 0.05) is 17.1 Å². The van der Waals surface area contributed by atoms with Crippen LogP contribution in [0.3, 0.4) is 0 Å². The summed E-state index contributed by atoms with van der Waals surface area (Å²) in [5.41, 5.74) is 14.5. The highest BCUT2D eigenvalue weighted by Gasteiger charge is 2.13. The lowest BCUT2D eigenvalue weighted by atomic mass is 9.94. The largest absolute Gasteiger partial charge is 0.311 e. The van der Waals surface area contributed by atoms with E-state index < -0.39 is 0 Å². The van der Waals surface area contributed by atoms with Gasteiger partial charge in [-0.15, -0.1) is 0 Å². The number of allylic oxidation sites excluding steroid dienone is 3. The Hall–Kier alpha value is -6.18. The molecule has 0 aliphatic heterocycles. The zero-order chi connectivity index (χ0) is 34.0. The third-order valence-corrected chi connectivity index (χ3v) is 8.99. The normalized spacial score (nSPS) is 11.5. The molecule has 0 spiro atoms. The molecule has 7 aromatic rings. The first-order valence-electron chi connectivity index (χ1n) is 17.5. The summed E-state index contributed by atoms with van der Waals surface area (Å²) >= 11 is 0. The number of para-hydroxylation sites is 1. The average Bonchev–Trinajstić information content (AvgIpc) is 3.20. The first-order chi connectivity index (χ1) is 24.7. The summed E-state index contributed by atoms with van der Waals surface area (Å²) < 4.78 is 0. The standard InChI is InChI=1S/C49H41N/c1-2-16-47(50(48-24-13-6-14-25-48)49-33-31-43(32-34-49)40-20-9-4-10-21-40)26-15-17-38-35-45(41-22-11-5-12-23-41)37-46(36-38)44-29-27-42(28-30-44)39-18-7-3-8-19-39/h3-16,18-37H,2,17H2,1H3/b26-15-,47-16+. The van der Waals surface area contributed by atoms with Crippen molar-refractivity contribution in [1.29, 1.82) is 0 Å². The molecular weight excluding hydrogens is 603 g/mol. The van der Waals surface area contributed by atoms with E-state index in [0.717, 1.165) is 29.9 Å². The lowest BCUT2D eigenvalue weighted by Gasteiger charge is -2.27. The third-order valence-electron chi connectivity index (χ3n) is 8.99. The monoisotopic (exact) mass is 643 g/mol. The van der Waals surface area contributed by atoms with Gasteiger partial charge in [0.05, 0.1) is 0 Å². The van der Waals surface area contributed by atoms with E-state index in [9.17, 15) is 0 Å². The molecule has 0 saturated carbocycles. The zero-order valence-electron chi connectivity index (χ0n) is 28.5. The van der Waals surface area contributed by atoms with Gasteiger partial charge in [0.1, 0.15) is 0 Å². The predicted octanol–water partition coefficient (Wildman–Crippen LogP) is 13.6. The van der Waals surface area contributed by atoms with Crippen LogP contribution in [0, 0.1) is 0 Å². The van der Waals surface area contributed by atoms with Gasteiger partial charge in [0.2, 0.25) is 0 Å². The maximum atomic E-state index is 2.36. The molecule has 0 amide bonds. The van der Waals surface area contributed by atoms with Gasteiger partial charge in [-0.05, 0) is 99.3 Å². The second-order valence-corrected chi connectivity index (χ2v) is 12.5. The van der Waals surface area contributed by atoms with E-state index in [0.29, 0.717) is 0 Å². The highest BCUT2D eigenvalue weighted by Crippen LogP contribution is 2.34. The molecule has 0 saturated heterocycles. The van der Waals surface area contributed by atoms with Crippen LogP contribution in [0.25, 0.3) is 44.5 Å². The van der Waals surface area contributed by atoms with Crippen molar-refractivity contribution >= 4 is 11.4 Å². The van der Waals surface area contributed by atoms with E-state index >= 15 is 0 Å². The van der Waals surface area contributed by atoms with E-state index in [4.69, 9.17) is 0 Å². The van der Waals surface area contributed by atoms with E-state index in [-0.39, 0.29) is 0 Å². The smallest absolute Gasteiger partial charge is 0.0461 e. The van der Waals surface area contributed by atoms with Crippen LogP contribution >= 0.6 is 0 Å². The fourth-order valence-electron chi connectivity index (χ4n) is 6.48. The highest BCUT2D eigenvalue weighted by atomic mass is 15.1. The maximum absolute atomic E-state index is 2.36. The van der Waals surface area contributed by atoms with Gasteiger partial charge in [-0.2, -0.15) is 0 Å². The molecule has 0 fully saturated rings. The lowest BCUT2D eigenvalue weighted by molar-refractivity contribution is 1.13. The number of hydrogen-bond acceptors (Lipinski definition) is 1. The Labute approximate surface area is 297 Å². The zero-order valence-corrected chi connectivity index (χ0v) is 28.5. The van der Waals surface area contributed by atoms with Crippen molar-refractivity contribution in [3.63, 3.8) is 0 Å². The molecule has 0 N–H and O–H groups in total. The van der Waals surface area contributed by atoms with Crippen molar-refractivity contribution in [3.8, 4) is 44.5 Å². The van der Waals surface area contributed by atoms with Crippen LogP contribution in [-0.4, -0.2) is 0 Å². The van der Waals surface area contributed by atoms with Crippen molar-refractivity contribution in [2.24, 2.45) is 0 Å². The highest BCUT2D eigenvalue weighted by molar-refractivity contribution is 5.77. The van der Waals surface area contributed by atoms with Gasteiger partial charge in [0.25, 0.3) is 0 Å². The molecule has 0 atom stereocenters. The summed E-state index contributed by atoms with van der Waals surface area (Å²) in [6.07, 6.45) is 8.64. The minimum Gasteiger partial charge on any atom is -0.311 e. The molecular formula is C49H41N. The van der Waals surface area contributed by atoms with Gasteiger partial charge in [-0.3, -0.25) is 0 Å². The summed E-state index contributed by atoms with van der Waals surface area (Å²) in [6.45, 7) is 2.20. The second kappa shape index (κ2) is 15.8. The third kappa shape index (κ3) is 7.75.